The molecular formula is C13H16F2N2O2. The molecule has 1 amide bonds. The van der Waals surface area contributed by atoms with E-state index in [2.05, 4.69) is 5.32 Å². The Hall–Kier alpha value is -1.69. The van der Waals surface area contributed by atoms with Crippen LogP contribution in [0.5, 0.6) is 0 Å². The molecule has 0 saturated carbocycles. The van der Waals surface area contributed by atoms with Crippen molar-refractivity contribution in [3.05, 3.63) is 29.3 Å². The first-order chi connectivity index (χ1) is 8.99. The summed E-state index contributed by atoms with van der Waals surface area (Å²) in [6.07, 6.45) is 0.889. The lowest BCUT2D eigenvalue weighted by Gasteiger charge is -2.21. The van der Waals surface area contributed by atoms with Crippen molar-refractivity contribution in [3.63, 3.8) is 0 Å². The molecule has 0 radical (unpaired) electrons. The average molecular weight is 270 g/mol. The predicted octanol–water partition coefficient (Wildman–Crippen LogP) is 1.90. The lowest BCUT2D eigenvalue weighted by Crippen LogP contribution is -2.27. The molecule has 4 nitrogen and oxygen atoms in total. The number of hydrogen-bond acceptors (Lipinski definition) is 3. The van der Waals surface area contributed by atoms with Crippen LogP contribution in [0.1, 0.15) is 23.7 Å². The van der Waals surface area contributed by atoms with Crippen LogP contribution in [0.4, 0.5) is 14.5 Å². The number of carbonyl (C=O) groups is 1. The van der Waals surface area contributed by atoms with Crippen molar-refractivity contribution >= 4 is 11.6 Å². The number of halogens is 2. The van der Waals surface area contributed by atoms with Gasteiger partial charge in [-0.25, -0.2) is 8.78 Å². The minimum absolute atomic E-state index is 0.0387. The summed E-state index contributed by atoms with van der Waals surface area (Å²) in [5, 5.41) is 2.95. The van der Waals surface area contributed by atoms with E-state index in [1.807, 2.05) is 6.92 Å². The molecule has 2 rings (SSSR count). The van der Waals surface area contributed by atoms with Gasteiger partial charge in [0, 0.05) is 24.6 Å². The number of primary amides is 1. The maximum atomic E-state index is 13.7. The smallest absolute Gasteiger partial charge is 0.251 e. The van der Waals surface area contributed by atoms with Gasteiger partial charge in [-0.2, -0.15) is 0 Å². The molecule has 6 heteroatoms. The maximum absolute atomic E-state index is 13.7. The molecule has 0 aliphatic carbocycles. The molecule has 19 heavy (non-hydrogen) atoms. The van der Waals surface area contributed by atoms with Gasteiger partial charge in [-0.05, 0) is 19.4 Å². The Balaban J connectivity index is 2.19. The number of hydrogen-bond donors (Lipinski definition) is 2. The van der Waals surface area contributed by atoms with Crippen molar-refractivity contribution in [2.75, 3.05) is 18.5 Å². The molecule has 0 bridgehead atoms. The molecule has 2 unspecified atom stereocenters. The van der Waals surface area contributed by atoms with E-state index in [1.165, 1.54) is 0 Å². The van der Waals surface area contributed by atoms with Gasteiger partial charge in [0.05, 0.1) is 17.9 Å². The second kappa shape index (κ2) is 5.52. The second-order valence-corrected chi connectivity index (χ2v) is 4.73. The van der Waals surface area contributed by atoms with E-state index in [4.69, 9.17) is 10.5 Å². The Bertz CT molecular complexity index is 488. The third kappa shape index (κ3) is 3.01. The number of carbonyl (C=O) groups excluding carboxylic acids is 1. The standard InChI is InChI=1S/C13H16F2N2O2/c1-7(8-2-3-19-6-8)17-12-4-9(13(16)18)10(14)5-11(12)15/h4-5,7-8,17H,2-3,6H2,1H3,(H2,16,18). The monoisotopic (exact) mass is 270 g/mol. The van der Waals surface area contributed by atoms with E-state index in [9.17, 15) is 13.6 Å². The van der Waals surface area contributed by atoms with Gasteiger partial charge in [-0.1, -0.05) is 0 Å². The number of ether oxygens (including phenoxy) is 1. The fraction of sp³-hybridized carbons (Fsp3) is 0.462. The summed E-state index contributed by atoms with van der Waals surface area (Å²) in [5.41, 5.74) is 4.80. The van der Waals surface area contributed by atoms with Gasteiger partial charge in [-0.3, -0.25) is 4.79 Å². The molecule has 2 atom stereocenters. The van der Waals surface area contributed by atoms with Gasteiger partial charge in [-0.15, -0.1) is 0 Å². The molecule has 104 valence electrons. The zero-order valence-corrected chi connectivity index (χ0v) is 10.6. The van der Waals surface area contributed by atoms with Gasteiger partial charge in [0.2, 0.25) is 0 Å². The van der Waals surface area contributed by atoms with Crippen LogP contribution in [-0.2, 0) is 4.74 Å². The number of nitrogens with two attached hydrogens (primary N) is 1. The van der Waals surface area contributed by atoms with Crippen LogP contribution in [0.15, 0.2) is 12.1 Å². The highest BCUT2D eigenvalue weighted by molar-refractivity contribution is 5.94. The summed E-state index contributed by atoms with van der Waals surface area (Å²) in [4.78, 5) is 11.0. The van der Waals surface area contributed by atoms with Crippen molar-refractivity contribution in [3.8, 4) is 0 Å². The molecule has 1 fully saturated rings. The van der Waals surface area contributed by atoms with Crippen LogP contribution in [0.3, 0.4) is 0 Å². The van der Waals surface area contributed by atoms with E-state index in [-0.39, 0.29) is 23.2 Å². The third-order valence-corrected chi connectivity index (χ3v) is 3.38. The molecule has 1 aromatic carbocycles. The zero-order chi connectivity index (χ0) is 14.0. The normalized spacial score (nSPS) is 20.3. The SMILES string of the molecule is CC(Nc1cc(C(N)=O)c(F)cc1F)C1CCOC1. The molecular weight excluding hydrogens is 254 g/mol. The molecule has 0 spiro atoms. The Labute approximate surface area is 109 Å². The van der Waals surface area contributed by atoms with Crippen molar-refractivity contribution < 1.29 is 18.3 Å². The van der Waals surface area contributed by atoms with Crippen LogP contribution >= 0.6 is 0 Å². The number of benzene rings is 1. The first-order valence-corrected chi connectivity index (χ1v) is 6.12. The molecule has 0 aromatic heterocycles. The number of nitrogens with one attached hydrogen (secondary N) is 1. The third-order valence-electron chi connectivity index (χ3n) is 3.38. The summed E-state index contributed by atoms with van der Waals surface area (Å²) >= 11 is 0. The Morgan fingerprint density at radius 1 is 1.47 bits per heavy atom. The predicted molar refractivity (Wildman–Crippen MR) is 66.9 cm³/mol. The lowest BCUT2D eigenvalue weighted by molar-refractivity contribution is 0.0996. The maximum Gasteiger partial charge on any atom is 0.251 e. The van der Waals surface area contributed by atoms with Crippen LogP contribution in [0.25, 0.3) is 0 Å². The summed E-state index contributed by atoms with van der Waals surface area (Å²) in [5.74, 6) is -2.35. The van der Waals surface area contributed by atoms with Crippen molar-refractivity contribution in [2.45, 2.75) is 19.4 Å². The molecule has 1 aliphatic heterocycles. The van der Waals surface area contributed by atoms with E-state index < -0.39 is 17.5 Å². The summed E-state index contributed by atoms with van der Waals surface area (Å²) < 4.78 is 32.2. The number of anilines is 1. The first-order valence-electron chi connectivity index (χ1n) is 6.12. The van der Waals surface area contributed by atoms with Crippen molar-refractivity contribution in [2.24, 2.45) is 11.7 Å². The number of rotatable bonds is 4. The largest absolute Gasteiger partial charge is 0.381 e. The summed E-state index contributed by atoms with van der Waals surface area (Å²) in [7, 11) is 0. The quantitative estimate of drug-likeness (QED) is 0.878. The molecule has 1 saturated heterocycles. The lowest BCUT2D eigenvalue weighted by atomic mass is 10.00. The minimum Gasteiger partial charge on any atom is -0.381 e. The van der Waals surface area contributed by atoms with Gasteiger partial charge in [0.15, 0.2) is 0 Å². The second-order valence-electron chi connectivity index (χ2n) is 4.73. The summed E-state index contributed by atoms with van der Waals surface area (Å²) in [6.45, 7) is 3.20. The van der Waals surface area contributed by atoms with E-state index in [0.717, 1.165) is 12.5 Å². The Morgan fingerprint density at radius 3 is 2.79 bits per heavy atom. The van der Waals surface area contributed by atoms with E-state index >= 15 is 0 Å². The first kappa shape index (κ1) is 13.7. The van der Waals surface area contributed by atoms with Crippen LogP contribution < -0.4 is 11.1 Å². The molecule has 1 heterocycles. The average Bonchev–Trinajstić information content (AvgIpc) is 2.85. The van der Waals surface area contributed by atoms with Gasteiger partial charge in [0.1, 0.15) is 11.6 Å². The summed E-state index contributed by atoms with van der Waals surface area (Å²) in [6, 6.07) is 1.74. The van der Waals surface area contributed by atoms with Gasteiger partial charge in [0.25, 0.3) is 5.91 Å². The fourth-order valence-electron chi connectivity index (χ4n) is 2.16. The fourth-order valence-corrected chi connectivity index (χ4v) is 2.16. The van der Waals surface area contributed by atoms with Crippen molar-refractivity contribution in [1.29, 1.82) is 0 Å². The van der Waals surface area contributed by atoms with Gasteiger partial charge >= 0.3 is 0 Å². The van der Waals surface area contributed by atoms with Gasteiger partial charge < -0.3 is 15.8 Å². The Kier molecular flexibility index (Phi) is 3.99. The number of amides is 1. The minimum atomic E-state index is -0.951. The van der Waals surface area contributed by atoms with Crippen LogP contribution in [0, 0.1) is 17.6 Å². The van der Waals surface area contributed by atoms with Crippen LogP contribution in [0.2, 0.25) is 0 Å². The molecule has 1 aliphatic rings. The van der Waals surface area contributed by atoms with Crippen molar-refractivity contribution in [1.82, 2.24) is 0 Å². The highest BCUT2D eigenvalue weighted by atomic mass is 19.1. The van der Waals surface area contributed by atoms with Crippen LogP contribution in [-0.4, -0.2) is 25.2 Å². The zero-order valence-electron chi connectivity index (χ0n) is 10.6. The molecule has 3 N–H and O–H groups in total. The highest BCUT2D eigenvalue weighted by Crippen LogP contribution is 2.24. The Morgan fingerprint density at radius 2 is 2.21 bits per heavy atom. The topological polar surface area (TPSA) is 64.3 Å². The van der Waals surface area contributed by atoms with E-state index in [1.54, 1.807) is 0 Å². The molecule has 1 aromatic rings. The highest BCUT2D eigenvalue weighted by Gasteiger charge is 2.23. The van der Waals surface area contributed by atoms with E-state index in [0.29, 0.717) is 19.3 Å².